The minimum Gasteiger partial charge on any atom is -0.307 e. The molecule has 19 heavy (non-hydrogen) atoms. The van der Waals surface area contributed by atoms with E-state index in [0.717, 1.165) is 0 Å². The van der Waals surface area contributed by atoms with E-state index in [1.54, 1.807) is 0 Å². The quantitative estimate of drug-likeness (QED) is 0.550. The summed E-state index contributed by atoms with van der Waals surface area (Å²) in [6.07, 6.45) is 9.27. The second kappa shape index (κ2) is 10.0. The fraction of sp³-hybridized carbons (Fsp3) is 0.667. The van der Waals surface area contributed by atoms with E-state index in [-0.39, 0.29) is 0 Å². The lowest BCUT2D eigenvalue weighted by Crippen LogP contribution is -2.30. The van der Waals surface area contributed by atoms with Gasteiger partial charge in [-0.3, -0.25) is 0 Å². The first-order chi connectivity index (χ1) is 9.27. The first kappa shape index (κ1) is 16.2. The van der Waals surface area contributed by atoms with Crippen LogP contribution >= 0.6 is 0 Å². The summed E-state index contributed by atoms with van der Waals surface area (Å²) in [5, 5.41) is 3.77. The van der Waals surface area contributed by atoms with E-state index in [9.17, 15) is 0 Å². The van der Waals surface area contributed by atoms with Crippen molar-refractivity contribution in [1.82, 2.24) is 5.32 Å². The molecular formula is C18H31N. The van der Waals surface area contributed by atoms with Gasteiger partial charge in [-0.1, -0.05) is 76.3 Å². The number of unbranched alkanes of at least 4 members (excludes halogenated alkanes) is 4. The molecule has 1 N–H and O–H groups in total. The summed E-state index contributed by atoms with van der Waals surface area (Å²) in [7, 11) is 0. The predicted molar refractivity (Wildman–Crippen MR) is 85.4 cm³/mol. The topological polar surface area (TPSA) is 12.0 Å². The number of hydrogen-bond acceptors (Lipinski definition) is 1. The lowest BCUT2D eigenvalue weighted by Gasteiger charge is -2.23. The molecule has 2 atom stereocenters. The van der Waals surface area contributed by atoms with Crippen molar-refractivity contribution in [3.63, 3.8) is 0 Å². The lowest BCUT2D eigenvalue weighted by atomic mass is 9.98. The first-order valence-corrected chi connectivity index (χ1v) is 8.08. The average molecular weight is 261 g/mol. The van der Waals surface area contributed by atoms with Crippen LogP contribution in [0.4, 0.5) is 0 Å². The van der Waals surface area contributed by atoms with Crippen molar-refractivity contribution in [2.24, 2.45) is 0 Å². The maximum Gasteiger partial charge on any atom is 0.0322 e. The average Bonchev–Trinajstić information content (AvgIpc) is 2.46. The van der Waals surface area contributed by atoms with Crippen LogP contribution in [0.2, 0.25) is 0 Å². The van der Waals surface area contributed by atoms with Crippen molar-refractivity contribution < 1.29 is 0 Å². The van der Waals surface area contributed by atoms with Gasteiger partial charge in [0.15, 0.2) is 0 Å². The third-order valence-corrected chi connectivity index (χ3v) is 3.90. The van der Waals surface area contributed by atoms with E-state index in [4.69, 9.17) is 0 Å². The highest BCUT2D eigenvalue weighted by molar-refractivity contribution is 5.18. The van der Waals surface area contributed by atoms with Crippen LogP contribution in [0.5, 0.6) is 0 Å². The van der Waals surface area contributed by atoms with Crippen LogP contribution in [-0.4, -0.2) is 6.04 Å². The van der Waals surface area contributed by atoms with Gasteiger partial charge < -0.3 is 5.32 Å². The van der Waals surface area contributed by atoms with Gasteiger partial charge in [0.2, 0.25) is 0 Å². The molecule has 0 saturated carbocycles. The van der Waals surface area contributed by atoms with Crippen molar-refractivity contribution in [2.45, 2.75) is 77.8 Å². The van der Waals surface area contributed by atoms with Gasteiger partial charge in [0, 0.05) is 12.1 Å². The Bertz CT molecular complexity index is 307. The van der Waals surface area contributed by atoms with E-state index in [1.807, 2.05) is 0 Å². The monoisotopic (exact) mass is 261 g/mol. The summed E-state index contributed by atoms with van der Waals surface area (Å²) in [6.45, 7) is 6.81. The zero-order chi connectivity index (χ0) is 13.9. The first-order valence-electron chi connectivity index (χ1n) is 8.08. The molecule has 108 valence electrons. The van der Waals surface area contributed by atoms with Gasteiger partial charge >= 0.3 is 0 Å². The number of nitrogens with one attached hydrogen (secondary N) is 1. The molecular weight excluding hydrogens is 230 g/mol. The number of hydrogen-bond donors (Lipinski definition) is 1. The van der Waals surface area contributed by atoms with E-state index in [1.165, 1.54) is 50.5 Å². The Hall–Kier alpha value is -0.820. The molecule has 0 bridgehead atoms. The lowest BCUT2D eigenvalue weighted by molar-refractivity contribution is 0.411. The van der Waals surface area contributed by atoms with Gasteiger partial charge in [0.25, 0.3) is 0 Å². The highest BCUT2D eigenvalue weighted by atomic mass is 14.9. The molecule has 1 nitrogen and oxygen atoms in total. The highest BCUT2D eigenvalue weighted by Gasteiger charge is 2.12. The van der Waals surface area contributed by atoms with Crippen molar-refractivity contribution in [1.29, 1.82) is 0 Å². The standard InChI is InChI=1S/C18H31N/c1-4-6-7-8-12-15-18(19-16(3)5-2)17-13-10-9-11-14-17/h9-11,13-14,16,18-19H,4-8,12,15H2,1-3H3. The van der Waals surface area contributed by atoms with Crippen LogP contribution in [0, 0.1) is 0 Å². The van der Waals surface area contributed by atoms with Gasteiger partial charge in [-0.25, -0.2) is 0 Å². The Morgan fingerprint density at radius 2 is 1.63 bits per heavy atom. The normalized spacial score (nSPS) is 14.3. The summed E-state index contributed by atoms with van der Waals surface area (Å²) in [5.41, 5.74) is 1.44. The highest BCUT2D eigenvalue weighted by Crippen LogP contribution is 2.21. The molecule has 0 fully saturated rings. The van der Waals surface area contributed by atoms with E-state index < -0.39 is 0 Å². The van der Waals surface area contributed by atoms with Crippen molar-refractivity contribution in [3.8, 4) is 0 Å². The molecule has 1 aromatic carbocycles. The fourth-order valence-corrected chi connectivity index (χ4v) is 2.44. The largest absolute Gasteiger partial charge is 0.307 e. The minimum atomic E-state index is 0.526. The predicted octanol–water partition coefficient (Wildman–Crippen LogP) is 5.48. The number of benzene rings is 1. The second-order valence-electron chi connectivity index (χ2n) is 5.64. The van der Waals surface area contributed by atoms with Gasteiger partial charge in [-0.2, -0.15) is 0 Å². The summed E-state index contributed by atoms with van der Waals surface area (Å²) >= 11 is 0. The maximum atomic E-state index is 3.77. The molecule has 1 rings (SSSR count). The van der Waals surface area contributed by atoms with Crippen LogP contribution in [0.3, 0.4) is 0 Å². The maximum absolute atomic E-state index is 3.77. The van der Waals surface area contributed by atoms with Crippen LogP contribution in [0.1, 0.15) is 77.3 Å². The Labute approximate surface area is 119 Å². The van der Waals surface area contributed by atoms with E-state index >= 15 is 0 Å². The third kappa shape index (κ3) is 6.77. The van der Waals surface area contributed by atoms with Crippen molar-refractivity contribution in [3.05, 3.63) is 35.9 Å². The molecule has 0 aliphatic rings. The SMILES string of the molecule is CCCCCCCC(NC(C)CC)c1ccccc1. The summed E-state index contributed by atoms with van der Waals surface area (Å²) in [4.78, 5) is 0. The van der Waals surface area contributed by atoms with Gasteiger partial charge in [0.05, 0.1) is 0 Å². The molecule has 1 aromatic rings. The van der Waals surface area contributed by atoms with Gasteiger partial charge in [0.1, 0.15) is 0 Å². The molecule has 0 saturated heterocycles. The Kier molecular flexibility index (Phi) is 8.57. The fourth-order valence-electron chi connectivity index (χ4n) is 2.44. The van der Waals surface area contributed by atoms with Gasteiger partial charge in [-0.05, 0) is 25.3 Å². The van der Waals surface area contributed by atoms with E-state index in [2.05, 4.69) is 56.4 Å². The van der Waals surface area contributed by atoms with Crippen molar-refractivity contribution in [2.75, 3.05) is 0 Å². The Balaban J connectivity index is 2.46. The van der Waals surface area contributed by atoms with Gasteiger partial charge in [-0.15, -0.1) is 0 Å². The molecule has 2 unspecified atom stereocenters. The third-order valence-electron chi connectivity index (χ3n) is 3.90. The zero-order valence-corrected chi connectivity index (χ0v) is 13.0. The Morgan fingerprint density at radius 3 is 2.26 bits per heavy atom. The molecule has 0 radical (unpaired) electrons. The second-order valence-corrected chi connectivity index (χ2v) is 5.64. The molecule has 0 spiro atoms. The number of rotatable bonds is 10. The minimum absolute atomic E-state index is 0.526. The summed E-state index contributed by atoms with van der Waals surface area (Å²) in [6, 6.07) is 12.0. The smallest absolute Gasteiger partial charge is 0.0322 e. The van der Waals surface area contributed by atoms with E-state index in [0.29, 0.717) is 12.1 Å². The zero-order valence-electron chi connectivity index (χ0n) is 13.0. The molecule has 0 heterocycles. The Morgan fingerprint density at radius 1 is 0.947 bits per heavy atom. The molecule has 1 heteroatoms. The molecule has 0 amide bonds. The van der Waals surface area contributed by atoms with Crippen LogP contribution in [0.25, 0.3) is 0 Å². The molecule has 0 aliphatic carbocycles. The molecule has 0 aliphatic heterocycles. The van der Waals surface area contributed by atoms with Crippen molar-refractivity contribution >= 4 is 0 Å². The van der Waals surface area contributed by atoms with Crippen LogP contribution in [0.15, 0.2) is 30.3 Å². The van der Waals surface area contributed by atoms with Crippen LogP contribution < -0.4 is 5.32 Å². The summed E-state index contributed by atoms with van der Waals surface area (Å²) < 4.78 is 0. The summed E-state index contributed by atoms with van der Waals surface area (Å²) in [5.74, 6) is 0. The van der Waals surface area contributed by atoms with Crippen LogP contribution in [-0.2, 0) is 0 Å². The molecule has 0 aromatic heterocycles.